The van der Waals surface area contributed by atoms with Crippen molar-refractivity contribution in [3.8, 4) is 5.69 Å². The molecule has 6 heteroatoms. The summed E-state index contributed by atoms with van der Waals surface area (Å²) in [5.74, 6) is 0. The highest BCUT2D eigenvalue weighted by atomic mass is 35.5. The topological polar surface area (TPSA) is 69.6 Å². The Labute approximate surface area is 158 Å². The summed E-state index contributed by atoms with van der Waals surface area (Å²) in [6.07, 6.45) is 6.07. The summed E-state index contributed by atoms with van der Waals surface area (Å²) >= 11 is 0. The number of para-hydroxylation sites is 1. The number of hydrogen-bond acceptors (Lipinski definition) is 4. The molecule has 26 heavy (non-hydrogen) atoms. The number of aromatic nitrogens is 4. The van der Waals surface area contributed by atoms with Gasteiger partial charge in [-0.1, -0.05) is 24.3 Å². The Morgan fingerprint density at radius 2 is 1.77 bits per heavy atom. The fraction of sp³-hybridized carbons (Fsp3) is 0.150. The van der Waals surface area contributed by atoms with Crippen LogP contribution in [0.15, 0.2) is 67.1 Å². The average molecular weight is 366 g/mol. The molecule has 0 saturated carbocycles. The lowest BCUT2D eigenvalue weighted by Gasteiger charge is -2.16. The molecule has 0 bridgehead atoms. The van der Waals surface area contributed by atoms with Crippen molar-refractivity contribution in [2.45, 2.75) is 19.4 Å². The molecule has 5 nitrogen and oxygen atoms in total. The lowest BCUT2D eigenvalue weighted by molar-refractivity contribution is 0.669. The van der Waals surface area contributed by atoms with Crippen molar-refractivity contribution in [2.75, 3.05) is 0 Å². The van der Waals surface area contributed by atoms with Crippen LogP contribution >= 0.6 is 12.4 Å². The van der Waals surface area contributed by atoms with Gasteiger partial charge in [0.05, 0.1) is 29.1 Å². The normalized spacial score (nSPS) is 11.9. The zero-order chi connectivity index (χ0) is 17.2. The lowest BCUT2D eigenvalue weighted by atomic mass is 10.0. The molecule has 0 radical (unpaired) electrons. The Morgan fingerprint density at radius 1 is 1.00 bits per heavy atom. The molecule has 1 unspecified atom stereocenters. The number of hydrogen-bond donors (Lipinski definition) is 1. The van der Waals surface area contributed by atoms with Crippen LogP contribution < -0.4 is 5.73 Å². The van der Waals surface area contributed by atoms with Gasteiger partial charge in [0.2, 0.25) is 0 Å². The van der Waals surface area contributed by atoms with Gasteiger partial charge in [0.1, 0.15) is 0 Å². The highest BCUT2D eigenvalue weighted by Gasteiger charge is 2.17. The quantitative estimate of drug-likeness (QED) is 0.597. The molecule has 0 aliphatic carbocycles. The van der Waals surface area contributed by atoms with E-state index in [4.69, 9.17) is 5.73 Å². The summed E-state index contributed by atoms with van der Waals surface area (Å²) < 4.78 is 1.91. The summed E-state index contributed by atoms with van der Waals surface area (Å²) in [4.78, 5) is 9.01. The van der Waals surface area contributed by atoms with Crippen molar-refractivity contribution in [3.05, 3.63) is 84.1 Å². The van der Waals surface area contributed by atoms with E-state index in [2.05, 4.69) is 28.1 Å². The standard InChI is InChI=1S/C20H19N5.ClH/c1-14-6-4-10-22-17(14)12-16(21)20-19(9-5-11-23-20)25-18-8-3-2-7-15(18)13-24-25;/h2-11,13,16H,12,21H2,1H3;1H. The maximum Gasteiger partial charge on any atom is 0.0884 e. The van der Waals surface area contributed by atoms with Gasteiger partial charge in [0.25, 0.3) is 0 Å². The van der Waals surface area contributed by atoms with Crippen molar-refractivity contribution in [3.63, 3.8) is 0 Å². The van der Waals surface area contributed by atoms with E-state index in [9.17, 15) is 0 Å². The molecule has 4 rings (SSSR count). The zero-order valence-corrected chi connectivity index (χ0v) is 15.2. The Kier molecular flexibility index (Phi) is 5.30. The van der Waals surface area contributed by atoms with Crippen LogP contribution in [-0.4, -0.2) is 19.7 Å². The Hall–Kier alpha value is -2.76. The maximum absolute atomic E-state index is 6.50. The van der Waals surface area contributed by atoms with Gasteiger partial charge in [-0.05, 0) is 36.8 Å². The molecule has 0 fully saturated rings. The Morgan fingerprint density at radius 3 is 2.62 bits per heavy atom. The minimum absolute atomic E-state index is 0. The van der Waals surface area contributed by atoms with E-state index >= 15 is 0 Å². The minimum Gasteiger partial charge on any atom is -0.322 e. The predicted molar refractivity (Wildman–Crippen MR) is 106 cm³/mol. The van der Waals surface area contributed by atoms with E-state index < -0.39 is 0 Å². The smallest absolute Gasteiger partial charge is 0.0884 e. The molecular weight excluding hydrogens is 346 g/mol. The van der Waals surface area contributed by atoms with E-state index in [0.717, 1.165) is 33.5 Å². The molecule has 0 spiro atoms. The number of aryl methyl sites for hydroxylation is 1. The third-order valence-electron chi connectivity index (χ3n) is 4.40. The van der Waals surface area contributed by atoms with E-state index in [1.807, 2.05) is 53.3 Å². The van der Waals surface area contributed by atoms with Gasteiger partial charge in [-0.15, -0.1) is 12.4 Å². The van der Waals surface area contributed by atoms with E-state index in [1.165, 1.54) is 0 Å². The predicted octanol–water partition coefficient (Wildman–Crippen LogP) is 3.79. The SMILES string of the molecule is Cc1cccnc1CC(N)c1ncccc1-n1ncc2ccccc21.Cl. The summed E-state index contributed by atoms with van der Waals surface area (Å²) in [6.45, 7) is 2.05. The molecule has 0 amide bonds. The molecular formula is C20H20ClN5. The fourth-order valence-electron chi connectivity index (χ4n) is 3.07. The molecule has 0 aliphatic rings. The summed E-state index contributed by atoms with van der Waals surface area (Å²) in [6, 6.07) is 15.8. The fourth-order valence-corrected chi connectivity index (χ4v) is 3.07. The number of pyridine rings is 2. The average Bonchev–Trinajstić information content (AvgIpc) is 3.07. The largest absolute Gasteiger partial charge is 0.322 e. The molecule has 0 aliphatic heterocycles. The van der Waals surface area contributed by atoms with Crippen LogP contribution in [-0.2, 0) is 6.42 Å². The molecule has 3 heterocycles. The van der Waals surface area contributed by atoms with Crippen molar-refractivity contribution < 1.29 is 0 Å². The number of nitrogens with two attached hydrogens (primary N) is 1. The number of halogens is 1. The lowest BCUT2D eigenvalue weighted by Crippen LogP contribution is -2.19. The zero-order valence-electron chi connectivity index (χ0n) is 14.4. The highest BCUT2D eigenvalue weighted by Crippen LogP contribution is 2.24. The van der Waals surface area contributed by atoms with Crippen molar-refractivity contribution in [1.82, 2.24) is 19.7 Å². The second-order valence-corrected chi connectivity index (χ2v) is 6.10. The van der Waals surface area contributed by atoms with E-state index in [0.29, 0.717) is 6.42 Å². The number of rotatable bonds is 4. The van der Waals surface area contributed by atoms with Crippen LogP contribution in [0.3, 0.4) is 0 Å². The second-order valence-electron chi connectivity index (χ2n) is 6.10. The molecule has 4 aromatic rings. The molecule has 3 aromatic heterocycles. The molecule has 0 saturated heterocycles. The monoisotopic (exact) mass is 365 g/mol. The maximum atomic E-state index is 6.50. The number of benzene rings is 1. The second kappa shape index (κ2) is 7.64. The van der Waals surface area contributed by atoms with Crippen LogP contribution in [0, 0.1) is 6.92 Å². The molecule has 132 valence electrons. The van der Waals surface area contributed by atoms with Gasteiger partial charge in [-0.3, -0.25) is 9.97 Å². The van der Waals surface area contributed by atoms with Crippen LogP contribution in [0.25, 0.3) is 16.6 Å². The summed E-state index contributed by atoms with van der Waals surface area (Å²) in [7, 11) is 0. The van der Waals surface area contributed by atoms with E-state index in [1.54, 1.807) is 12.4 Å². The Bertz CT molecular complexity index is 1030. The van der Waals surface area contributed by atoms with Gasteiger partial charge in [0, 0.05) is 29.9 Å². The van der Waals surface area contributed by atoms with Gasteiger partial charge in [0.15, 0.2) is 0 Å². The molecule has 1 aromatic carbocycles. The Balaban J connectivity index is 0.00000196. The van der Waals surface area contributed by atoms with Crippen LogP contribution in [0.2, 0.25) is 0 Å². The van der Waals surface area contributed by atoms with Gasteiger partial charge in [-0.2, -0.15) is 5.10 Å². The van der Waals surface area contributed by atoms with Crippen LogP contribution in [0.5, 0.6) is 0 Å². The first-order chi connectivity index (χ1) is 12.2. The van der Waals surface area contributed by atoms with Gasteiger partial charge in [-0.25, -0.2) is 4.68 Å². The first-order valence-electron chi connectivity index (χ1n) is 8.28. The van der Waals surface area contributed by atoms with Gasteiger partial charge < -0.3 is 5.73 Å². The summed E-state index contributed by atoms with van der Waals surface area (Å²) in [5, 5.41) is 5.63. The number of fused-ring (bicyclic) bond motifs is 1. The minimum atomic E-state index is -0.257. The third kappa shape index (κ3) is 3.31. The van der Waals surface area contributed by atoms with Crippen molar-refractivity contribution >= 4 is 23.3 Å². The third-order valence-corrected chi connectivity index (χ3v) is 4.40. The first-order valence-corrected chi connectivity index (χ1v) is 8.28. The molecule has 1 atom stereocenters. The van der Waals surface area contributed by atoms with Crippen molar-refractivity contribution in [1.29, 1.82) is 0 Å². The molecule has 2 N–H and O–H groups in total. The van der Waals surface area contributed by atoms with Gasteiger partial charge >= 0.3 is 0 Å². The van der Waals surface area contributed by atoms with Crippen LogP contribution in [0.1, 0.15) is 23.0 Å². The van der Waals surface area contributed by atoms with Crippen LogP contribution in [0.4, 0.5) is 0 Å². The highest BCUT2D eigenvalue weighted by molar-refractivity contribution is 5.85. The number of nitrogens with zero attached hydrogens (tertiary/aromatic N) is 4. The van der Waals surface area contributed by atoms with E-state index in [-0.39, 0.29) is 18.4 Å². The first kappa shape index (κ1) is 18.0. The van der Waals surface area contributed by atoms with Crippen molar-refractivity contribution in [2.24, 2.45) is 5.73 Å². The summed E-state index contributed by atoms with van der Waals surface area (Å²) in [5.41, 5.74) is 11.4.